The van der Waals surface area contributed by atoms with Gasteiger partial charge in [0.2, 0.25) is 10.9 Å². The summed E-state index contributed by atoms with van der Waals surface area (Å²) in [6.07, 6.45) is 2.37. The first-order valence-electron chi connectivity index (χ1n) is 6.92. The number of hydrogen-bond acceptors (Lipinski definition) is 5. The summed E-state index contributed by atoms with van der Waals surface area (Å²) in [5, 5.41) is 8.50. The molecule has 0 aliphatic carbocycles. The number of rotatable bonds is 4. The predicted molar refractivity (Wildman–Crippen MR) is 75.8 cm³/mol. The molecule has 2 aromatic heterocycles. The summed E-state index contributed by atoms with van der Waals surface area (Å²) in [4.78, 5) is 17.3. The minimum absolute atomic E-state index is 0.0391. The van der Waals surface area contributed by atoms with Crippen LogP contribution in [0.25, 0.3) is 4.96 Å². The summed E-state index contributed by atoms with van der Waals surface area (Å²) < 4.78 is 7.22. The number of aromatic nitrogens is 3. The highest BCUT2D eigenvalue weighted by atomic mass is 32.1. The number of ether oxygens (including phenoxy) is 1. The molecule has 0 unspecified atom stereocenters. The largest absolute Gasteiger partial charge is 0.368 e. The van der Waals surface area contributed by atoms with E-state index in [2.05, 4.69) is 22.3 Å². The monoisotopic (exact) mass is 294 g/mol. The van der Waals surface area contributed by atoms with E-state index in [-0.39, 0.29) is 12.0 Å². The standard InChI is InChI=1S/C13H18N4O2S/c1-3-11-16-17-9(8(2)15-13(17)20-11)7-14-12(18)10-5-4-6-19-10/h10H,3-7H2,1-2H3,(H,14,18)/t10-/m0/s1. The van der Waals surface area contributed by atoms with E-state index in [1.165, 1.54) is 0 Å². The van der Waals surface area contributed by atoms with Crippen LogP contribution in [-0.2, 0) is 22.5 Å². The lowest BCUT2D eigenvalue weighted by molar-refractivity contribution is -0.130. The summed E-state index contributed by atoms with van der Waals surface area (Å²) in [5.74, 6) is -0.0391. The highest BCUT2D eigenvalue weighted by molar-refractivity contribution is 7.16. The average molecular weight is 294 g/mol. The first kappa shape index (κ1) is 13.5. The van der Waals surface area contributed by atoms with Crippen molar-refractivity contribution in [1.82, 2.24) is 19.9 Å². The molecular formula is C13H18N4O2S. The smallest absolute Gasteiger partial charge is 0.249 e. The van der Waals surface area contributed by atoms with Crippen LogP contribution in [0.5, 0.6) is 0 Å². The van der Waals surface area contributed by atoms with Crippen molar-refractivity contribution < 1.29 is 9.53 Å². The molecule has 3 heterocycles. The number of carbonyl (C=O) groups is 1. The van der Waals surface area contributed by atoms with E-state index >= 15 is 0 Å². The van der Waals surface area contributed by atoms with E-state index in [1.807, 2.05) is 11.4 Å². The zero-order valence-corrected chi connectivity index (χ0v) is 12.5. The Hall–Kier alpha value is -1.47. The maximum Gasteiger partial charge on any atom is 0.249 e. The molecule has 20 heavy (non-hydrogen) atoms. The van der Waals surface area contributed by atoms with Gasteiger partial charge in [-0.2, -0.15) is 5.10 Å². The molecule has 1 N–H and O–H groups in total. The minimum atomic E-state index is -0.291. The second kappa shape index (κ2) is 5.49. The molecule has 1 saturated heterocycles. The van der Waals surface area contributed by atoms with Gasteiger partial charge in [-0.05, 0) is 26.2 Å². The van der Waals surface area contributed by atoms with Crippen LogP contribution in [0.4, 0.5) is 0 Å². The van der Waals surface area contributed by atoms with Crippen molar-refractivity contribution in [3.63, 3.8) is 0 Å². The van der Waals surface area contributed by atoms with Crippen molar-refractivity contribution in [1.29, 1.82) is 0 Å². The molecule has 7 heteroatoms. The van der Waals surface area contributed by atoms with E-state index in [4.69, 9.17) is 4.74 Å². The Morgan fingerprint density at radius 3 is 3.15 bits per heavy atom. The van der Waals surface area contributed by atoms with Crippen molar-refractivity contribution in [3.8, 4) is 0 Å². The molecule has 6 nitrogen and oxygen atoms in total. The van der Waals surface area contributed by atoms with Gasteiger partial charge in [0, 0.05) is 6.61 Å². The van der Waals surface area contributed by atoms with Gasteiger partial charge in [0.15, 0.2) is 0 Å². The summed E-state index contributed by atoms with van der Waals surface area (Å²) in [6, 6.07) is 0. The van der Waals surface area contributed by atoms with Crippen LogP contribution in [0.3, 0.4) is 0 Å². The number of imidazole rings is 1. The topological polar surface area (TPSA) is 68.5 Å². The average Bonchev–Trinajstić information content (AvgIpc) is 3.12. The summed E-state index contributed by atoms with van der Waals surface area (Å²) >= 11 is 1.60. The minimum Gasteiger partial charge on any atom is -0.368 e. The molecule has 0 aromatic carbocycles. The Balaban J connectivity index is 1.74. The van der Waals surface area contributed by atoms with Crippen molar-refractivity contribution in [2.24, 2.45) is 0 Å². The fraction of sp³-hybridized carbons (Fsp3) is 0.615. The van der Waals surface area contributed by atoms with Crippen LogP contribution in [0, 0.1) is 6.92 Å². The van der Waals surface area contributed by atoms with E-state index in [0.717, 1.165) is 40.6 Å². The lowest BCUT2D eigenvalue weighted by atomic mass is 10.2. The van der Waals surface area contributed by atoms with Gasteiger partial charge in [0.25, 0.3) is 0 Å². The fourth-order valence-electron chi connectivity index (χ4n) is 2.35. The first-order valence-corrected chi connectivity index (χ1v) is 7.74. The normalized spacial score (nSPS) is 18.8. The Morgan fingerprint density at radius 1 is 1.60 bits per heavy atom. The zero-order valence-electron chi connectivity index (χ0n) is 11.7. The van der Waals surface area contributed by atoms with Gasteiger partial charge in [-0.1, -0.05) is 18.3 Å². The Labute approximate surface area is 121 Å². The SMILES string of the molecule is CCc1nn2c(CNC(=O)[C@@H]3CCCO3)c(C)nc2s1. The number of nitrogens with one attached hydrogen (secondary N) is 1. The summed E-state index contributed by atoms with van der Waals surface area (Å²) in [6.45, 7) is 5.14. The second-order valence-corrected chi connectivity index (χ2v) is 5.95. The van der Waals surface area contributed by atoms with Crippen LogP contribution in [-0.4, -0.2) is 33.2 Å². The lowest BCUT2D eigenvalue weighted by Crippen LogP contribution is -2.34. The van der Waals surface area contributed by atoms with Gasteiger partial charge in [-0.25, -0.2) is 9.50 Å². The van der Waals surface area contributed by atoms with Gasteiger partial charge >= 0.3 is 0 Å². The third-order valence-electron chi connectivity index (χ3n) is 3.49. The first-order chi connectivity index (χ1) is 9.69. The molecule has 1 aliphatic rings. The second-order valence-electron chi connectivity index (χ2n) is 4.91. The summed E-state index contributed by atoms with van der Waals surface area (Å²) in [5.41, 5.74) is 1.86. The van der Waals surface area contributed by atoms with Crippen molar-refractivity contribution >= 4 is 22.2 Å². The molecule has 2 aromatic rings. The van der Waals surface area contributed by atoms with E-state index in [1.54, 1.807) is 11.3 Å². The van der Waals surface area contributed by atoms with Gasteiger partial charge in [0.05, 0.1) is 17.9 Å². The molecule has 0 spiro atoms. The molecular weight excluding hydrogens is 276 g/mol. The van der Waals surface area contributed by atoms with Gasteiger partial charge in [-0.15, -0.1) is 0 Å². The van der Waals surface area contributed by atoms with Crippen LogP contribution in [0.15, 0.2) is 0 Å². The van der Waals surface area contributed by atoms with Crippen molar-refractivity contribution in [2.75, 3.05) is 6.61 Å². The molecule has 0 radical (unpaired) electrons. The molecule has 108 valence electrons. The number of hydrogen-bond donors (Lipinski definition) is 1. The van der Waals surface area contributed by atoms with Crippen LogP contribution in [0.1, 0.15) is 36.2 Å². The van der Waals surface area contributed by atoms with Crippen molar-refractivity contribution in [3.05, 3.63) is 16.4 Å². The highest BCUT2D eigenvalue weighted by Crippen LogP contribution is 2.19. The molecule has 1 aliphatic heterocycles. The van der Waals surface area contributed by atoms with Gasteiger partial charge in [-0.3, -0.25) is 4.79 Å². The number of aryl methyl sites for hydroxylation is 2. The van der Waals surface area contributed by atoms with Crippen LogP contribution < -0.4 is 5.32 Å². The van der Waals surface area contributed by atoms with Gasteiger partial charge < -0.3 is 10.1 Å². The number of fused-ring (bicyclic) bond motifs is 1. The number of amides is 1. The molecule has 0 saturated carbocycles. The third-order valence-corrected chi connectivity index (χ3v) is 4.55. The molecule has 1 fully saturated rings. The lowest BCUT2D eigenvalue weighted by Gasteiger charge is -2.10. The maximum absolute atomic E-state index is 12.0. The quantitative estimate of drug-likeness (QED) is 0.927. The fourth-order valence-corrected chi connectivity index (χ4v) is 3.24. The van der Waals surface area contributed by atoms with Crippen LogP contribution >= 0.6 is 11.3 Å². The Bertz CT molecular complexity index is 628. The van der Waals surface area contributed by atoms with Gasteiger partial charge in [0.1, 0.15) is 11.1 Å². The van der Waals surface area contributed by atoms with E-state index < -0.39 is 0 Å². The molecule has 0 bridgehead atoms. The van der Waals surface area contributed by atoms with E-state index in [0.29, 0.717) is 13.2 Å². The third kappa shape index (κ3) is 2.43. The maximum atomic E-state index is 12.0. The molecule has 3 rings (SSSR count). The van der Waals surface area contributed by atoms with Crippen LogP contribution in [0.2, 0.25) is 0 Å². The Kier molecular flexibility index (Phi) is 3.71. The zero-order chi connectivity index (χ0) is 14.1. The highest BCUT2D eigenvalue weighted by Gasteiger charge is 2.24. The summed E-state index contributed by atoms with van der Waals surface area (Å²) in [7, 11) is 0. The Morgan fingerprint density at radius 2 is 2.45 bits per heavy atom. The number of nitrogens with zero attached hydrogens (tertiary/aromatic N) is 3. The number of carbonyl (C=O) groups excluding carboxylic acids is 1. The predicted octanol–water partition coefficient (Wildman–Crippen LogP) is 1.46. The molecule has 1 amide bonds. The van der Waals surface area contributed by atoms with E-state index in [9.17, 15) is 4.79 Å². The molecule has 1 atom stereocenters. The van der Waals surface area contributed by atoms with Crippen molar-refractivity contribution in [2.45, 2.75) is 45.8 Å².